The molecule has 0 saturated heterocycles. The molecule has 0 amide bonds. The minimum atomic E-state index is -1.41. The molecule has 0 aliphatic carbocycles. The number of hydrogen-bond donors (Lipinski definition) is 2. The Kier molecular flexibility index (Phi) is 3.70. The molecule has 0 bridgehead atoms. The van der Waals surface area contributed by atoms with Gasteiger partial charge >= 0.3 is 11.9 Å². The van der Waals surface area contributed by atoms with Gasteiger partial charge in [-0.05, 0) is 24.6 Å². The molecule has 0 radical (unpaired) electrons. The Balaban J connectivity index is 3.21. The van der Waals surface area contributed by atoms with Crippen molar-refractivity contribution in [3.8, 4) is 0 Å². The maximum absolute atomic E-state index is 11.2. The number of hydrogen-bond acceptors (Lipinski definition) is 2. The first-order valence-corrected chi connectivity index (χ1v) is 5.37. The Labute approximate surface area is 101 Å². The van der Waals surface area contributed by atoms with Gasteiger partial charge in [0, 0.05) is 4.47 Å². The molecule has 86 valence electrons. The molecule has 0 saturated carbocycles. The number of carbonyl (C=O) groups is 2. The molecule has 1 atom stereocenters. The summed E-state index contributed by atoms with van der Waals surface area (Å²) < 4.78 is 0.725. The smallest absolute Gasteiger partial charge is 0.314 e. The van der Waals surface area contributed by atoms with Gasteiger partial charge in [-0.3, -0.25) is 9.59 Å². The SMILES string of the molecule is CC(CC(=O)O)(C(=O)O)c1cccc(Br)c1. The summed E-state index contributed by atoms with van der Waals surface area (Å²) in [6, 6.07) is 6.67. The predicted octanol–water partition coefficient (Wildman–Crippen LogP) is 2.27. The Morgan fingerprint density at radius 1 is 1.38 bits per heavy atom. The summed E-state index contributed by atoms with van der Waals surface area (Å²) in [7, 11) is 0. The number of carboxylic acid groups (broad SMARTS) is 2. The van der Waals surface area contributed by atoms with Crippen molar-refractivity contribution in [1.82, 2.24) is 0 Å². The normalized spacial score (nSPS) is 14.1. The van der Waals surface area contributed by atoms with Gasteiger partial charge in [0.05, 0.1) is 6.42 Å². The number of carboxylic acids is 2. The van der Waals surface area contributed by atoms with Crippen molar-refractivity contribution in [3.63, 3.8) is 0 Å². The Bertz CT molecular complexity index is 430. The molecule has 16 heavy (non-hydrogen) atoms. The summed E-state index contributed by atoms with van der Waals surface area (Å²) in [5.74, 6) is -2.28. The largest absolute Gasteiger partial charge is 0.481 e. The van der Waals surface area contributed by atoms with Gasteiger partial charge in [-0.1, -0.05) is 28.1 Å². The van der Waals surface area contributed by atoms with E-state index in [4.69, 9.17) is 10.2 Å². The number of halogens is 1. The van der Waals surface area contributed by atoms with E-state index in [0.717, 1.165) is 4.47 Å². The number of benzene rings is 1. The van der Waals surface area contributed by atoms with Crippen LogP contribution in [0.2, 0.25) is 0 Å². The first-order valence-electron chi connectivity index (χ1n) is 4.57. The number of rotatable bonds is 4. The van der Waals surface area contributed by atoms with Crippen LogP contribution in [0.15, 0.2) is 28.7 Å². The molecular formula is C11H11BrO4. The predicted molar refractivity (Wildman–Crippen MR) is 61.4 cm³/mol. The fraction of sp³-hybridized carbons (Fsp3) is 0.273. The molecule has 0 aromatic heterocycles. The third kappa shape index (κ3) is 2.61. The number of aliphatic carboxylic acids is 2. The van der Waals surface area contributed by atoms with E-state index in [1.807, 2.05) is 0 Å². The summed E-state index contributed by atoms with van der Waals surface area (Å²) in [6.07, 6.45) is -0.446. The zero-order valence-corrected chi connectivity index (χ0v) is 10.2. The fourth-order valence-corrected chi connectivity index (χ4v) is 1.83. The van der Waals surface area contributed by atoms with Gasteiger partial charge < -0.3 is 10.2 Å². The van der Waals surface area contributed by atoms with E-state index >= 15 is 0 Å². The molecule has 0 spiro atoms. The maximum atomic E-state index is 11.2. The van der Waals surface area contributed by atoms with Crippen molar-refractivity contribution < 1.29 is 19.8 Å². The molecule has 4 nitrogen and oxygen atoms in total. The zero-order valence-electron chi connectivity index (χ0n) is 8.61. The molecule has 1 aromatic rings. The van der Waals surface area contributed by atoms with Crippen LogP contribution in [0.1, 0.15) is 18.9 Å². The minimum Gasteiger partial charge on any atom is -0.481 e. The molecule has 0 heterocycles. The van der Waals surface area contributed by atoms with E-state index in [-0.39, 0.29) is 0 Å². The first-order chi connectivity index (χ1) is 7.36. The Morgan fingerprint density at radius 2 is 2.00 bits per heavy atom. The second-order valence-electron chi connectivity index (χ2n) is 3.72. The highest BCUT2D eigenvalue weighted by molar-refractivity contribution is 9.10. The Morgan fingerprint density at radius 3 is 2.44 bits per heavy atom. The van der Waals surface area contributed by atoms with Gasteiger partial charge in [0.2, 0.25) is 0 Å². The van der Waals surface area contributed by atoms with Crippen molar-refractivity contribution in [2.24, 2.45) is 0 Å². The lowest BCUT2D eigenvalue weighted by Crippen LogP contribution is -2.34. The molecule has 0 aliphatic rings. The molecule has 1 rings (SSSR count). The molecular weight excluding hydrogens is 276 g/mol. The maximum Gasteiger partial charge on any atom is 0.314 e. The van der Waals surface area contributed by atoms with Crippen LogP contribution in [0.3, 0.4) is 0 Å². The van der Waals surface area contributed by atoms with E-state index < -0.39 is 23.8 Å². The van der Waals surface area contributed by atoms with Crippen molar-refractivity contribution >= 4 is 27.9 Å². The van der Waals surface area contributed by atoms with Crippen LogP contribution < -0.4 is 0 Å². The first kappa shape index (κ1) is 12.7. The summed E-state index contributed by atoms with van der Waals surface area (Å²) >= 11 is 3.23. The van der Waals surface area contributed by atoms with E-state index in [9.17, 15) is 9.59 Å². The summed E-state index contributed by atoms with van der Waals surface area (Å²) in [5, 5.41) is 17.9. The summed E-state index contributed by atoms with van der Waals surface area (Å²) in [6.45, 7) is 1.41. The molecule has 0 fully saturated rings. The van der Waals surface area contributed by atoms with Crippen LogP contribution in [0.5, 0.6) is 0 Å². The Hall–Kier alpha value is -1.36. The van der Waals surface area contributed by atoms with Crippen molar-refractivity contribution in [2.75, 3.05) is 0 Å². The van der Waals surface area contributed by atoms with Gasteiger partial charge in [-0.25, -0.2) is 0 Å². The highest BCUT2D eigenvalue weighted by Crippen LogP contribution is 2.29. The van der Waals surface area contributed by atoms with Gasteiger partial charge in [0.15, 0.2) is 0 Å². The highest BCUT2D eigenvalue weighted by Gasteiger charge is 2.37. The van der Waals surface area contributed by atoms with Crippen LogP contribution in [0.4, 0.5) is 0 Å². The fourth-order valence-electron chi connectivity index (χ4n) is 1.44. The lowest BCUT2D eigenvalue weighted by molar-refractivity contribution is -0.149. The third-order valence-electron chi connectivity index (χ3n) is 2.44. The van der Waals surface area contributed by atoms with Crippen molar-refractivity contribution in [3.05, 3.63) is 34.3 Å². The van der Waals surface area contributed by atoms with Crippen LogP contribution in [0, 0.1) is 0 Å². The van der Waals surface area contributed by atoms with E-state index in [0.29, 0.717) is 5.56 Å². The molecule has 5 heteroatoms. The van der Waals surface area contributed by atoms with Crippen LogP contribution >= 0.6 is 15.9 Å². The van der Waals surface area contributed by atoms with E-state index in [1.165, 1.54) is 6.92 Å². The quantitative estimate of drug-likeness (QED) is 0.890. The monoisotopic (exact) mass is 286 g/mol. The van der Waals surface area contributed by atoms with Crippen LogP contribution in [-0.4, -0.2) is 22.2 Å². The van der Waals surface area contributed by atoms with E-state index in [1.54, 1.807) is 24.3 Å². The minimum absolute atomic E-state index is 0.446. The standard InChI is InChI=1S/C11H11BrO4/c1-11(10(15)16,6-9(13)14)7-3-2-4-8(12)5-7/h2-5H,6H2,1H3,(H,13,14)(H,15,16). The van der Waals surface area contributed by atoms with Crippen LogP contribution in [0.25, 0.3) is 0 Å². The molecule has 1 unspecified atom stereocenters. The van der Waals surface area contributed by atoms with E-state index in [2.05, 4.69) is 15.9 Å². The second-order valence-corrected chi connectivity index (χ2v) is 4.63. The lowest BCUT2D eigenvalue weighted by Gasteiger charge is -2.23. The molecule has 1 aromatic carbocycles. The zero-order chi connectivity index (χ0) is 12.3. The third-order valence-corrected chi connectivity index (χ3v) is 2.93. The molecule has 2 N–H and O–H groups in total. The molecule has 0 aliphatic heterocycles. The van der Waals surface area contributed by atoms with Gasteiger partial charge in [-0.15, -0.1) is 0 Å². The lowest BCUT2D eigenvalue weighted by atomic mass is 9.79. The van der Waals surface area contributed by atoms with Crippen molar-refractivity contribution in [1.29, 1.82) is 0 Å². The summed E-state index contributed by atoms with van der Waals surface area (Å²) in [4.78, 5) is 21.9. The van der Waals surface area contributed by atoms with Gasteiger partial charge in [0.25, 0.3) is 0 Å². The van der Waals surface area contributed by atoms with Crippen molar-refractivity contribution in [2.45, 2.75) is 18.8 Å². The average Bonchev–Trinajstić information content (AvgIpc) is 2.16. The second kappa shape index (κ2) is 4.65. The topological polar surface area (TPSA) is 74.6 Å². The van der Waals surface area contributed by atoms with Gasteiger partial charge in [0.1, 0.15) is 5.41 Å². The average molecular weight is 287 g/mol. The summed E-state index contributed by atoms with van der Waals surface area (Å²) in [5.41, 5.74) is -0.938. The van der Waals surface area contributed by atoms with Crippen LogP contribution in [-0.2, 0) is 15.0 Å². The van der Waals surface area contributed by atoms with Gasteiger partial charge in [-0.2, -0.15) is 0 Å². The highest BCUT2D eigenvalue weighted by atomic mass is 79.9.